The summed E-state index contributed by atoms with van der Waals surface area (Å²) in [6.45, 7) is 2.22. The second-order valence-electron chi connectivity index (χ2n) is 6.91. The number of nitrogens with zero attached hydrogens (tertiary/aromatic N) is 5. The molecule has 0 spiro atoms. The Morgan fingerprint density at radius 2 is 2.19 bits per heavy atom. The second-order valence-corrected chi connectivity index (χ2v) is 6.91. The maximum Gasteiger partial charge on any atom is 0.414 e. The first kappa shape index (κ1) is 20.3. The minimum atomic E-state index is -0.581. The number of ether oxygens (including phenoxy) is 1. The van der Waals surface area contributed by atoms with Gasteiger partial charge in [-0.2, -0.15) is 0 Å². The summed E-state index contributed by atoms with van der Waals surface area (Å²) < 4.78 is 21.6. The minimum Gasteiger partial charge on any atom is -0.442 e. The highest BCUT2D eigenvalue weighted by Gasteiger charge is 2.32. The number of imidazole rings is 1. The molecule has 11 heteroatoms. The molecule has 1 atom stereocenters. The molecule has 3 heterocycles. The fourth-order valence-electron chi connectivity index (χ4n) is 3.13. The predicted molar refractivity (Wildman–Crippen MR) is 109 cm³/mol. The van der Waals surface area contributed by atoms with E-state index in [4.69, 9.17) is 4.74 Å². The van der Waals surface area contributed by atoms with Crippen molar-refractivity contribution in [2.75, 3.05) is 23.3 Å². The summed E-state index contributed by atoms with van der Waals surface area (Å²) in [7, 11) is 0. The van der Waals surface area contributed by atoms with Gasteiger partial charge in [-0.3, -0.25) is 14.7 Å². The maximum absolute atomic E-state index is 14.8. The molecule has 10 nitrogen and oxygen atoms in total. The number of cyclic esters (lactones) is 1. The molecule has 0 aliphatic carbocycles. The highest BCUT2D eigenvalue weighted by Crippen LogP contribution is 2.25. The molecule has 0 unspecified atom stereocenters. The maximum atomic E-state index is 14.8. The van der Waals surface area contributed by atoms with Gasteiger partial charge in [0.25, 0.3) is 0 Å². The van der Waals surface area contributed by atoms with Crippen LogP contribution in [0, 0.1) is 5.82 Å². The van der Waals surface area contributed by atoms with E-state index in [1.165, 1.54) is 24.2 Å². The standard InChI is InChI=1S/C20H20FN7O3/c1-13(29)24-8-16-11-28(20(30)31-16)15-2-3-18(17(21)6-15)27-10-14(26-12-27)7-25-19-9-22-4-5-23-19/h2-6,9-10,12,16H,7-8,11H2,1H3,(H,23,25)(H,24,29)/t16-/m0/s1. The van der Waals surface area contributed by atoms with Crippen LogP contribution >= 0.6 is 0 Å². The zero-order valence-electron chi connectivity index (χ0n) is 16.7. The fraction of sp³-hybridized carbons (Fsp3) is 0.250. The zero-order chi connectivity index (χ0) is 21.8. The first-order chi connectivity index (χ1) is 15.0. The number of anilines is 2. The minimum absolute atomic E-state index is 0.207. The number of hydrogen-bond donors (Lipinski definition) is 2. The van der Waals surface area contributed by atoms with Gasteiger partial charge in [0.1, 0.15) is 17.7 Å². The van der Waals surface area contributed by atoms with Crippen LogP contribution in [0.3, 0.4) is 0 Å². The van der Waals surface area contributed by atoms with Crippen molar-refractivity contribution < 1.29 is 18.7 Å². The Hall–Kier alpha value is -4.02. The molecule has 31 heavy (non-hydrogen) atoms. The van der Waals surface area contributed by atoms with Crippen LogP contribution in [-0.4, -0.2) is 50.7 Å². The van der Waals surface area contributed by atoms with E-state index in [9.17, 15) is 14.0 Å². The molecule has 1 fully saturated rings. The molecule has 1 saturated heterocycles. The lowest BCUT2D eigenvalue weighted by Gasteiger charge is -2.14. The number of hydrogen-bond acceptors (Lipinski definition) is 7. The van der Waals surface area contributed by atoms with E-state index >= 15 is 0 Å². The predicted octanol–water partition coefficient (Wildman–Crippen LogP) is 1.87. The number of nitrogens with one attached hydrogen (secondary N) is 2. The molecule has 2 amide bonds. The van der Waals surface area contributed by atoms with Gasteiger partial charge in [-0.15, -0.1) is 0 Å². The largest absolute Gasteiger partial charge is 0.442 e. The molecule has 2 N–H and O–H groups in total. The molecular weight excluding hydrogens is 405 g/mol. The SMILES string of the molecule is CC(=O)NC[C@H]1CN(c2ccc(-n3cnc(CNc4cnccn4)c3)c(F)c2)C(=O)O1. The number of carbonyl (C=O) groups excluding carboxylic acids is 2. The van der Waals surface area contributed by atoms with Crippen molar-refractivity contribution in [3.8, 4) is 5.69 Å². The Bertz CT molecular complexity index is 1090. The summed E-state index contributed by atoms with van der Waals surface area (Å²) in [5.74, 6) is -0.111. The summed E-state index contributed by atoms with van der Waals surface area (Å²) in [5, 5.41) is 5.69. The summed E-state index contributed by atoms with van der Waals surface area (Å²) in [5.41, 5.74) is 1.36. The van der Waals surface area contributed by atoms with Crippen LogP contribution < -0.4 is 15.5 Å². The third-order valence-electron chi connectivity index (χ3n) is 4.62. The molecule has 1 aliphatic rings. The summed E-state index contributed by atoms with van der Waals surface area (Å²) in [6, 6.07) is 4.48. The smallest absolute Gasteiger partial charge is 0.414 e. The molecule has 4 rings (SSSR count). The fourth-order valence-corrected chi connectivity index (χ4v) is 3.13. The van der Waals surface area contributed by atoms with E-state index in [0.29, 0.717) is 29.4 Å². The monoisotopic (exact) mass is 425 g/mol. The van der Waals surface area contributed by atoms with Gasteiger partial charge in [-0.05, 0) is 18.2 Å². The van der Waals surface area contributed by atoms with Crippen LogP contribution in [0.1, 0.15) is 12.6 Å². The Balaban J connectivity index is 1.43. The first-order valence-electron chi connectivity index (χ1n) is 9.55. The first-order valence-corrected chi connectivity index (χ1v) is 9.55. The summed E-state index contributed by atoms with van der Waals surface area (Å²) in [6.07, 6.45) is 6.90. The summed E-state index contributed by atoms with van der Waals surface area (Å²) >= 11 is 0. The third-order valence-corrected chi connectivity index (χ3v) is 4.62. The Morgan fingerprint density at radius 1 is 1.32 bits per heavy atom. The van der Waals surface area contributed by atoms with Crippen LogP contribution in [0.4, 0.5) is 20.7 Å². The number of benzene rings is 1. The zero-order valence-corrected chi connectivity index (χ0v) is 16.7. The van der Waals surface area contributed by atoms with Crippen molar-refractivity contribution in [3.05, 3.63) is 60.8 Å². The van der Waals surface area contributed by atoms with E-state index in [2.05, 4.69) is 25.6 Å². The quantitative estimate of drug-likeness (QED) is 0.594. The van der Waals surface area contributed by atoms with Gasteiger partial charge in [-0.1, -0.05) is 0 Å². The molecule has 1 aromatic carbocycles. The van der Waals surface area contributed by atoms with Gasteiger partial charge >= 0.3 is 6.09 Å². The number of carbonyl (C=O) groups is 2. The van der Waals surface area contributed by atoms with Crippen LogP contribution in [0.15, 0.2) is 49.3 Å². The lowest BCUT2D eigenvalue weighted by atomic mass is 10.2. The average Bonchev–Trinajstić information content (AvgIpc) is 3.38. The van der Waals surface area contributed by atoms with Crippen molar-refractivity contribution in [2.24, 2.45) is 0 Å². The molecular formula is C20H20FN7O3. The van der Waals surface area contributed by atoms with Crippen molar-refractivity contribution in [1.82, 2.24) is 24.8 Å². The third kappa shape index (κ3) is 4.77. The van der Waals surface area contributed by atoms with E-state index in [0.717, 1.165) is 0 Å². The normalized spacial score (nSPS) is 15.6. The van der Waals surface area contributed by atoms with Gasteiger partial charge in [0.05, 0.1) is 49.2 Å². The van der Waals surface area contributed by atoms with Gasteiger partial charge in [0, 0.05) is 25.5 Å². The van der Waals surface area contributed by atoms with Crippen LogP contribution in [0.25, 0.3) is 5.69 Å². The summed E-state index contributed by atoms with van der Waals surface area (Å²) in [4.78, 5) is 36.9. The molecule has 0 radical (unpaired) electrons. The van der Waals surface area contributed by atoms with Crippen LogP contribution in [0.5, 0.6) is 0 Å². The molecule has 160 valence electrons. The van der Waals surface area contributed by atoms with Gasteiger partial charge in [0.15, 0.2) is 0 Å². The number of rotatable bonds is 7. The Labute approximate surface area is 177 Å². The van der Waals surface area contributed by atoms with E-state index < -0.39 is 18.0 Å². The van der Waals surface area contributed by atoms with Crippen molar-refractivity contribution in [3.63, 3.8) is 0 Å². The Morgan fingerprint density at radius 3 is 2.94 bits per heavy atom. The van der Waals surface area contributed by atoms with E-state index in [-0.39, 0.29) is 19.0 Å². The van der Waals surface area contributed by atoms with Crippen molar-refractivity contribution >= 4 is 23.5 Å². The lowest BCUT2D eigenvalue weighted by Crippen LogP contribution is -2.33. The number of halogens is 1. The van der Waals surface area contributed by atoms with Crippen LogP contribution in [0.2, 0.25) is 0 Å². The van der Waals surface area contributed by atoms with Crippen LogP contribution in [-0.2, 0) is 16.1 Å². The van der Waals surface area contributed by atoms with Crippen molar-refractivity contribution in [1.29, 1.82) is 0 Å². The lowest BCUT2D eigenvalue weighted by molar-refractivity contribution is -0.119. The van der Waals surface area contributed by atoms with E-state index in [1.54, 1.807) is 41.5 Å². The molecule has 0 bridgehead atoms. The average molecular weight is 425 g/mol. The van der Waals surface area contributed by atoms with E-state index in [1.807, 2.05) is 0 Å². The molecule has 1 aliphatic heterocycles. The topological polar surface area (TPSA) is 114 Å². The van der Waals surface area contributed by atoms with Gasteiger partial charge in [-0.25, -0.2) is 19.2 Å². The Kier molecular flexibility index (Phi) is 5.74. The molecule has 2 aromatic heterocycles. The van der Waals surface area contributed by atoms with Gasteiger partial charge < -0.3 is 19.9 Å². The number of aromatic nitrogens is 4. The second kappa shape index (κ2) is 8.78. The number of amides is 2. The van der Waals surface area contributed by atoms with Crippen molar-refractivity contribution in [2.45, 2.75) is 19.6 Å². The highest BCUT2D eigenvalue weighted by atomic mass is 19.1. The molecule has 0 saturated carbocycles. The van der Waals surface area contributed by atoms with Gasteiger partial charge in [0.2, 0.25) is 5.91 Å². The molecule has 3 aromatic rings. The highest BCUT2D eigenvalue weighted by molar-refractivity contribution is 5.90.